The smallest absolute Gasteiger partial charge is 0.341 e. The van der Waals surface area contributed by atoms with Crippen LogP contribution in [0.25, 0.3) is 6.08 Å². The van der Waals surface area contributed by atoms with Crippen molar-refractivity contribution in [2.75, 3.05) is 13.2 Å². The number of aryl methyl sites for hydroxylation is 1. The van der Waals surface area contributed by atoms with E-state index in [1.54, 1.807) is 24.3 Å². The average molecular weight is 451 g/mol. The van der Waals surface area contributed by atoms with Gasteiger partial charge in [-0.15, -0.1) is 0 Å². The first-order chi connectivity index (χ1) is 16.0. The molecule has 0 saturated heterocycles. The Hall–Kier alpha value is -3.34. The molecule has 0 aliphatic carbocycles. The normalized spacial score (nSPS) is 11.2. The minimum Gasteiger partial charge on any atom is -0.489 e. The van der Waals surface area contributed by atoms with Gasteiger partial charge in [-0.2, -0.15) is 0 Å². The van der Waals surface area contributed by atoms with Crippen molar-refractivity contribution in [3.8, 4) is 11.5 Å². The van der Waals surface area contributed by atoms with E-state index >= 15 is 0 Å². The molecule has 33 heavy (non-hydrogen) atoms. The van der Waals surface area contributed by atoms with Crippen molar-refractivity contribution < 1.29 is 24.2 Å². The molecule has 5 heteroatoms. The zero-order valence-corrected chi connectivity index (χ0v) is 19.6. The van der Waals surface area contributed by atoms with Gasteiger partial charge in [-0.25, -0.2) is 4.79 Å². The summed E-state index contributed by atoms with van der Waals surface area (Å²) < 4.78 is 11.0. The molecule has 0 spiro atoms. The van der Waals surface area contributed by atoms with Crippen LogP contribution in [0.15, 0.2) is 60.7 Å². The van der Waals surface area contributed by atoms with Crippen molar-refractivity contribution in [1.29, 1.82) is 0 Å². The summed E-state index contributed by atoms with van der Waals surface area (Å²) in [7, 11) is 0. The van der Waals surface area contributed by atoms with Gasteiger partial charge in [0.1, 0.15) is 18.1 Å². The minimum atomic E-state index is -1.11. The lowest BCUT2D eigenvalue weighted by Crippen LogP contribution is -2.12. The van der Waals surface area contributed by atoms with E-state index in [0.717, 1.165) is 18.4 Å². The number of carbonyl (C=O) groups is 2. The molecule has 0 atom stereocenters. The van der Waals surface area contributed by atoms with Crippen LogP contribution in [-0.2, 0) is 11.2 Å². The van der Waals surface area contributed by atoms with Gasteiger partial charge in [-0.3, -0.25) is 4.79 Å². The van der Waals surface area contributed by atoms with Crippen molar-refractivity contribution in [2.45, 2.75) is 52.4 Å². The molecule has 176 valence electrons. The molecule has 0 aliphatic heterocycles. The Bertz CT molecular complexity index is 941. The van der Waals surface area contributed by atoms with Gasteiger partial charge >= 0.3 is 5.97 Å². The maximum absolute atomic E-state index is 12.8. The van der Waals surface area contributed by atoms with E-state index in [0.29, 0.717) is 12.4 Å². The van der Waals surface area contributed by atoms with Crippen molar-refractivity contribution in [3.05, 3.63) is 77.4 Å². The highest BCUT2D eigenvalue weighted by Crippen LogP contribution is 2.26. The average Bonchev–Trinajstić information content (AvgIpc) is 2.82. The number of hydrogen-bond acceptors (Lipinski definition) is 4. The van der Waals surface area contributed by atoms with Gasteiger partial charge in [0, 0.05) is 6.07 Å². The second-order valence-corrected chi connectivity index (χ2v) is 7.78. The Labute approximate surface area is 196 Å². The monoisotopic (exact) mass is 450 g/mol. The molecule has 1 N–H and O–H groups in total. The second-order valence-electron chi connectivity index (χ2n) is 7.78. The topological polar surface area (TPSA) is 72.8 Å². The number of unbranched alkanes of at least 4 members (excludes halogenated alkanes) is 3. The van der Waals surface area contributed by atoms with Crippen molar-refractivity contribution in [1.82, 2.24) is 0 Å². The molecule has 2 aromatic rings. The first kappa shape index (κ1) is 25.9. The fourth-order valence-electron chi connectivity index (χ4n) is 3.25. The number of carboxylic acids is 1. The number of aliphatic carboxylic acids is 1. The molecule has 0 bridgehead atoms. The van der Waals surface area contributed by atoms with Crippen molar-refractivity contribution in [2.24, 2.45) is 0 Å². The maximum atomic E-state index is 12.8. The van der Waals surface area contributed by atoms with Crippen LogP contribution in [0.1, 0.15) is 67.4 Å². The minimum absolute atomic E-state index is 0.187. The SMILES string of the molecule is CC/C=C/COc1ccc(C(=O)/C=C/c2ccc(CCCCCC)cc2)c(OCC(=O)O)c1. The highest BCUT2D eigenvalue weighted by atomic mass is 16.5. The van der Waals surface area contributed by atoms with E-state index in [1.807, 2.05) is 31.2 Å². The summed E-state index contributed by atoms with van der Waals surface area (Å²) in [5.74, 6) is -0.690. The highest BCUT2D eigenvalue weighted by molar-refractivity contribution is 6.08. The molecule has 0 unspecified atom stereocenters. The second kappa shape index (κ2) is 14.7. The number of ether oxygens (including phenoxy) is 2. The van der Waals surface area contributed by atoms with Crippen LogP contribution in [0.4, 0.5) is 0 Å². The number of rotatable bonds is 15. The molecule has 2 aromatic carbocycles. The summed E-state index contributed by atoms with van der Waals surface area (Å²) in [5, 5.41) is 8.96. The maximum Gasteiger partial charge on any atom is 0.341 e. The summed E-state index contributed by atoms with van der Waals surface area (Å²) in [4.78, 5) is 23.8. The van der Waals surface area contributed by atoms with Gasteiger partial charge in [0.05, 0.1) is 5.56 Å². The van der Waals surface area contributed by atoms with Crippen LogP contribution in [-0.4, -0.2) is 30.1 Å². The molecule has 2 rings (SSSR count). The van der Waals surface area contributed by atoms with E-state index in [1.165, 1.54) is 37.3 Å². The number of carboxylic acid groups (broad SMARTS) is 1. The molecule has 0 amide bonds. The number of benzene rings is 2. The van der Waals surface area contributed by atoms with Crippen molar-refractivity contribution in [3.63, 3.8) is 0 Å². The van der Waals surface area contributed by atoms with Crippen LogP contribution in [0, 0.1) is 0 Å². The molecule has 0 aromatic heterocycles. The number of hydrogen-bond donors (Lipinski definition) is 1. The zero-order valence-electron chi connectivity index (χ0n) is 19.6. The van der Waals surface area contributed by atoms with Crippen molar-refractivity contribution >= 4 is 17.8 Å². The van der Waals surface area contributed by atoms with E-state index in [-0.39, 0.29) is 17.1 Å². The first-order valence-electron chi connectivity index (χ1n) is 11.6. The third-order valence-electron chi connectivity index (χ3n) is 5.04. The van der Waals surface area contributed by atoms with Crippen LogP contribution in [0.5, 0.6) is 11.5 Å². The van der Waals surface area contributed by atoms with Gasteiger partial charge in [0.25, 0.3) is 0 Å². The fraction of sp³-hybridized carbons (Fsp3) is 0.357. The van der Waals surface area contributed by atoms with Gasteiger partial charge in [0.15, 0.2) is 12.4 Å². The van der Waals surface area contributed by atoms with Crippen LogP contribution >= 0.6 is 0 Å². The van der Waals surface area contributed by atoms with Crippen LogP contribution < -0.4 is 9.47 Å². The van der Waals surface area contributed by atoms with Crippen LogP contribution in [0.2, 0.25) is 0 Å². The Morgan fingerprint density at radius 2 is 1.73 bits per heavy atom. The Kier molecular flexibility index (Phi) is 11.5. The molecule has 0 saturated carbocycles. The Morgan fingerprint density at radius 3 is 2.42 bits per heavy atom. The summed E-state index contributed by atoms with van der Waals surface area (Å²) in [6.07, 6.45) is 14.0. The molecular weight excluding hydrogens is 416 g/mol. The molecule has 0 radical (unpaired) electrons. The van der Waals surface area contributed by atoms with E-state index in [9.17, 15) is 9.59 Å². The van der Waals surface area contributed by atoms with E-state index in [2.05, 4.69) is 19.1 Å². The van der Waals surface area contributed by atoms with Gasteiger partial charge in [-0.1, -0.05) is 75.6 Å². The fourth-order valence-corrected chi connectivity index (χ4v) is 3.25. The zero-order chi connectivity index (χ0) is 23.9. The van der Waals surface area contributed by atoms with Crippen LogP contribution in [0.3, 0.4) is 0 Å². The van der Waals surface area contributed by atoms with E-state index in [4.69, 9.17) is 14.6 Å². The lowest BCUT2D eigenvalue weighted by molar-refractivity contribution is -0.139. The van der Waals surface area contributed by atoms with E-state index < -0.39 is 12.6 Å². The molecule has 0 heterocycles. The number of carbonyl (C=O) groups excluding carboxylic acids is 1. The number of ketones is 1. The first-order valence-corrected chi connectivity index (χ1v) is 11.6. The molecule has 5 nitrogen and oxygen atoms in total. The molecule has 0 fully saturated rings. The predicted molar refractivity (Wildman–Crippen MR) is 132 cm³/mol. The van der Waals surface area contributed by atoms with Gasteiger partial charge in [0.2, 0.25) is 0 Å². The van der Waals surface area contributed by atoms with Gasteiger partial charge < -0.3 is 14.6 Å². The predicted octanol–water partition coefficient (Wildman–Crippen LogP) is 6.51. The molecular formula is C28H34O5. The summed E-state index contributed by atoms with van der Waals surface area (Å²) in [6.45, 7) is 4.08. The summed E-state index contributed by atoms with van der Waals surface area (Å²) in [6, 6.07) is 13.0. The highest BCUT2D eigenvalue weighted by Gasteiger charge is 2.13. The number of allylic oxidation sites excluding steroid dienone is 2. The lowest BCUT2D eigenvalue weighted by atomic mass is 10.0. The quantitative estimate of drug-likeness (QED) is 0.145. The van der Waals surface area contributed by atoms with Gasteiger partial charge in [-0.05, 0) is 48.6 Å². The Morgan fingerprint density at radius 1 is 0.939 bits per heavy atom. The summed E-state index contributed by atoms with van der Waals surface area (Å²) in [5.41, 5.74) is 2.51. The third kappa shape index (κ3) is 9.77. The molecule has 0 aliphatic rings. The standard InChI is InChI=1S/C28H34O5/c1-3-5-7-8-10-22-11-13-23(14-12-22)15-18-26(29)25-17-16-24(32-19-9-6-4-2)20-27(25)33-21-28(30)31/h6,9,11-18,20H,3-5,7-8,10,19,21H2,1-2H3,(H,30,31)/b9-6+,18-15+. The Balaban J connectivity index is 2.07. The third-order valence-corrected chi connectivity index (χ3v) is 5.04. The largest absolute Gasteiger partial charge is 0.489 e. The lowest BCUT2D eigenvalue weighted by Gasteiger charge is -2.11. The summed E-state index contributed by atoms with van der Waals surface area (Å²) >= 11 is 0.